The minimum atomic E-state index is -0.981. The van der Waals surface area contributed by atoms with Crippen molar-refractivity contribution in [2.24, 2.45) is 0 Å². The molecule has 0 unspecified atom stereocenters. The van der Waals surface area contributed by atoms with Gasteiger partial charge in [0.15, 0.2) is 0 Å². The zero-order chi connectivity index (χ0) is 12.3. The third-order valence-electron chi connectivity index (χ3n) is 1.56. The van der Waals surface area contributed by atoms with Crippen LogP contribution in [0.25, 0.3) is 0 Å². The summed E-state index contributed by atoms with van der Waals surface area (Å²) >= 11 is 0. The molecule has 0 saturated heterocycles. The van der Waals surface area contributed by atoms with Gasteiger partial charge in [0, 0.05) is 11.6 Å². The van der Waals surface area contributed by atoms with Gasteiger partial charge < -0.3 is 10.2 Å². The Hall–Kier alpha value is -1.58. The topological polar surface area (TPSA) is 74.6 Å². The lowest BCUT2D eigenvalue weighted by atomic mass is 10.1. The van der Waals surface area contributed by atoms with E-state index in [1.807, 2.05) is 0 Å². The Labute approximate surface area is 89.9 Å². The second-order valence-electron chi connectivity index (χ2n) is 2.91. The van der Waals surface area contributed by atoms with Crippen LogP contribution in [0.2, 0.25) is 0 Å². The molecular formula is C11H18O4. The smallest absolute Gasteiger partial charge is 0.330 e. The van der Waals surface area contributed by atoms with Crippen molar-refractivity contribution in [1.29, 1.82) is 0 Å². The molecular weight excluding hydrogens is 196 g/mol. The quantitative estimate of drug-likeness (QED) is 0.526. The summed E-state index contributed by atoms with van der Waals surface area (Å²) in [6.07, 6.45) is 4.62. The first kappa shape index (κ1) is 15.9. The number of carboxylic acids is 2. The maximum Gasteiger partial charge on any atom is 0.330 e. The number of carboxylic acid groups (broad SMARTS) is 2. The average Bonchev–Trinajstić information content (AvgIpc) is 2.18. The van der Waals surface area contributed by atoms with E-state index in [9.17, 15) is 9.59 Å². The van der Waals surface area contributed by atoms with Crippen LogP contribution < -0.4 is 0 Å². The second kappa shape index (κ2) is 10.5. The third kappa shape index (κ3) is 15.2. The van der Waals surface area contributed by atoms with E-state index in [0.29, 0.717) is 12.0 Å². The van der Waals surface area contributed by atoms with Crippen LogP contribution in [0.1, 0.15) is 32.6 Å². The van der Waals surface area contributed by atoms with Crippen molar-refractivity contribution >= 4 is 11.9 Å². The summed E-state index contributed by atoms with van der Waals surface area (Å²) < 4.78 is 0. The molecule has 4 heteroatoms. The molecule has 86 valence electrons. The van der Waals surface area contributed by atoms with Gasteiger partial charge in [-0.15, -0.1) is 0 Å². The first-order chi connectivity index (χ1) is 6.95. The first-order valence-corrected chi connectivity index (χ1v) is 4.72. The van der Waals surface area contributed by atoms with Gasteiger partial charge in [-0.2, -0.15) is 0 Å². The van der Waals surface area contributed by atoms with Gasteiger partial charge in [0.1, 0.15) is 0 Å². The lowest BCUT2D eigenvalue weighted by Crippen LogP contribution is -1.98. The molecule has 0 atom stereocenters. The summed E-state index contributed by atoms with van der Waals surface area (Å²) in [5.41, 5.74) is 0.327. The van der Waals surface area contributed by atoms with Gasteiger partial charge in [-0.05, 0) is 12.8 Å². The van der Waals surface area contributed by atoms with Gasteiger partial charge in [-0.25, -0.2) is 9.59 Å². The Morgan fingerprint density at radius 2 is 1.73 bits per heavy atom. The lowest BCUT2D eigenvalue weighted by Gasteiger charge is -1.97. The Kier molecular flexibility index (Phi) is 11.1. The van der Waals surface area contributed by atoms with Gasteiger partial charge in [0.2, 0.25) is 0 Å². The van der Waals surface area contributed by atoms with Crippen LogP contribution in [-0.4, -0.2) is 22.2 Å². The monoisotopic (exact) mass is 214 g/mol. The van der Waals surface area contributed by atoms with Crippen molar-refractivity contribution in [3.63, 3.8) is 0 Å². The maximum absolute atomic E-state index is 10.2. The van der Waals surface area contributed by atoms with Crippen LogP contribution in [0.4, 0.5) is 0 Å². The fourth-order valence-corrected chi connectivity index (χ4v) is 0.695. The number of unbranched alkanes of at least 4 members (excludes halogenated alkanes) is 2. The second-order valence-corrected chi connectivity index (χ2v) is 2.91. The molecule has 0 aromatic rings. The van der Waals surface area contributed by atoms with Crippen molar-refractivity contribution in [1.82, 2.24) is 0 Å². The van der Waals surface area contributed by atoms with Crippen LogP contribution >= 0.6 is 0 Å². The Bertz CT molecular complexity index is 231. The van der Waals surface area contributed by atoms with Gasteiger partial charge in [0.05, 0.1) is 0 Å². The van der Waals surface area contributed by atoms with Crippen LogP contribution in [0.15, 0.2) is 24.8 Å². The third-order valence-corrected chi connectivity index (χ3v) is 1.56. The molecule has 0 aliphatic carbocycles. The molecule has 0 bridgehead atoms. The minimum Gasteiger partial charge on any atom is -0.478 e. The highest BCUT2D eigenvalue weighted by molar-refractivity contribution is 5.85. The van der Waals surface area contributed by atoms with E-state index in [-0.39, 0.29) is 0 Å². The molecule has 0 saturated carbocycles. The zero-order valence-corrected chi connectivity index (χ0v) is 9.03. The van der Waals surface area contributed by atoms with Crippen LogP contribution in [-0.2, 0) is 9.59 Å². The van der Waals surface area contributed by atoms with E-state index < -0.39 is 11.9 Å². The predicted octanol–water partition coefficient (Wildman–Crippen LogP) is 2.46. The summed E-state index contributed by atoms with van der Waals surface area (Å²) in [4.78, 5) is 19.4. The molecule has 0 aliphatic rings. The van der Waals surface area contributed by atoms with Gasteiger partial charge in [-0.1, -0.05) is 32.9 Å². The molecule has 0 aromatic heterocycles. The zero-order valence-electron chi connectivity index (χ0n) is 9.03. The Morgan fingerprint density at radius 3 is 2.00 bits per heavy atom. The van der Waals surface area contributed by atoms with Crippen molar-refractivity contribution in [2.75, 3.05) is 0 Å². The van der Waals surface area contributed by atoms with Crippen LogP contribution in [0, 0.1) is 0 Å². The summed E-state index contributed by atoms with van der Waals surface area (Å²) in [5.74, 6) is -1.85. The highest BCUT2D eigenvalue weighted by atomic mass is 16.4. The molecule has 0 aliphatic heterocycles. The average molecular weight is 214 g/mol. The van der Waals surface area contributed by atoms with Gasteiger partial charge in [-0.3, -0.25) is 0 Å². The Morgan fingerprint density at radius 1 is 1.27 bits per heavy atom. The minimum absolute atomic E-state index is 0.327. The molecule has 0 rings (SSSR count). The standard InChI is InChI=1S/C8H14O2.C3H4O2/c1-3-4-5-6-7(2)8(9)10;1-2-3(4)5/h2-6H2,1H3,(H,9,10);2H,1H2,(H,4,5). The molecule has 15 heavy (non-hydrogen) atoms. The molecule has 2 N–H and O–H groups in total. The largest absolute Gasteiger partial charge is 0.478 e. The summed E-state index contributed by atoms with van der Waals surface area (Å²) in [6, 6.07) is 0. The predicted molar refractivity (Wildman–Crippen MR) is 58.8 cm³/mol. The van der Waals surface area contributed by atoms with E-state index in [4.69, 9.17) is 10.2 Å². The molecule has 4 nitrogen and oxygen atoms in total. The van der Waals surface area contributed by atoms with Crippen molar-refractivity contribution in [3.05, 3.63) is 24.8 Å². The van der Waals surface area contributed by atoms with Crippen molar-refractivity contribution in [3.8, 4) is 0 Å². The van der Waals surface area contributed by atoms with E-state index in [1.54, 1.807) is 0 Å². The number of rotatable bonds is 6. The summed E-state index contributed by atoms with van der Waals surface area (Å²) in [6.45, 7) is 8.47. The molecule has 0 amide bonds. The number of hydrogen-bond acceptors (Lipinski definition) is 2. The van der Waals surface area contributed by atoms with Crippen molar-refractivity contribution in [2.45, 2.75) is 32.6 Å². The fraction of sp³-hybridized carbons (Fsp3) is 0.455. The molecule has 0 radical (unpaired) electrons. The summed E-state index contributed by atoms with van der Waals surface area (Å²) in [7, 11) is 0. The molecule has 0 fully saturated rings. The number of hydrogen-bond donors (Lipinski definition) is 2. The normalized spacial score (nSPS) is 8.33. The van der Waals surface area contributed by atoms with Gasteiger partial charge in [0.25, 0.3) is 0 Å². The highest BCUT2D eigenvalue weighted by Gasteiger charge is 2.01. The maximum atomic E-state index is 10.2. The van der Waals surface area contributed by atoms with E-state index in [2.05, 4.69) is 20.1 Å². The van der Waals surface area contributed by atoms with Crippen molar-refractivity contribution < 1.29 is 19.8 Å². The SMILES string of the molecule is C=C(CCCCC)C(=O)O.C=CC(=O)O. The van der Waals surface area contributed by atoms with E-state index >= 15 is 0 Å². The van der Waals surface area contributed by atoms with E-state index in [1.165, 1.54) is 0 Å². The van der Waals surface area contributed by atoms with E-state index in [0.717, 1.165) is 25.3 Å². The molecule has 0 aromatic carbocycles. The van der Waals surface area contributed by atoms with Crippen LogP contribution in [0.5, 0.6) is 0 Å². The lowest BCUT2D eigenvalue weighted by molar-refractivity contribution is -0.133. The van der Waals surface area contributed by atoms with Crippen LogP contribution in [0.3, 0.4) is 0 Å². The Balaban J connectivity index is 0. The number of carbonyl (C=O) groups is 2. The summed E-state index contributed by atoms with van der Waals surface area (Å²) in [5, 5.41) is 16.0. The number of aliphatic carboxylic acids is 2. The fourth-order valence-electron chi connectivity index (χ4n) is 0.695. The van der Waals surface area contributed by atoms with Gasteiger partial charge >= 0.3 is 11.9 Å². The molecule has 0 heterocycles. The molecule has 0 spiro atoms. The first-order valence-electron chi connectivity index (χ1n) is 4.72. The highest BCUT2D eigenvalue weighted by Crippen LogP contribution is 2.06.